The lowest BCUT2D eigenvalue weighted by atomic mass is 9.83. The van der Waals surface area contributed by atoms with Crippen molar-refractivity contribution in [1.82, 2.24) is 55.9 Å². The molecule has 0 saturated carbocycles. The van der Waals surface area contributed by atoms with Crippen LogP contribution in [-0.4, -0.2) is 97.4 Å². The molecule has 0 aliphatic heterocycles. The van der Waals surface area contributed by atoms with Crippen LogP contribution in [0.2, 0.25) is 0 Å². The number of hydrogen-bond donors (Lipinski definition) is 3. The quantitative estimate of drug-likeness (QED) is 0.0180. The predicted octanol–water partition coefficient (Wildman–Crippen LogP) is 32.6. The molecule has 0 fully saturated rings. The lowest BCUT2D eigenvalue weighted by molar-refractivity contribution is -0.126. The van der Waals surface area contributed by atoms with Crippen LogP contribution in [0.5, 0.6) is 0 Å². The van der Waals surface area contributed by atoms with Crippen LogP contribution in [0.1, 0.15) is 514 Å². The summed E-state index contributed by atoms with van der Waals surface area (Å²) >= 11 is 1.72. The number of ketones is 3. The van der Waals surface area contributed by atoms with E-state index in [1.165, 1.54) is 60.8 Å². The Hall–Kier alpha value is -7.21. The van der Waals surface area contributed by atoms with Gasteiger partial charge in [-0.2, -0.15) is 0 Å². The van der Waals surface area contributed by atoms with Crippen molar-refractivity contribution in [3.05, 3.63) is 148 Å². The molecular formula is C120H213N11O6S. The van der Waals surface area contributed by atoms with Crippen LogP contribution in [0.15, 0.2) is 103 Å². The number of rotatable bonds is 28. The summed E-state index contributed by atoms with van der Waals surface area (Å²) in [4.78, 5) is 79.4. The van der Waals surface area contributed by atoms with Crippen molar-refractivity contribution in [2.45, 2.75) is 518 Å². The number of benzene rings is 3. The highest BCUT2D eigenvalue weighted by molar-refractivity contribution is 7.99. The zero-order valence-corrected chi connectivity index (χ0v) is 99.4. The summed E-state index contributed by atoms with van der Waals surface area (Å²) in [6, 6.07) is 24.8. The fraction of sp³-hybridized carbons (Fsp3) is 0.733. The molecule has 0 unspecified atom stereocenters. The molecule has 17 nitrogen and oxygen atoms in total. The topological polar surface area (TPSA) is 226 Å². The molecule has 790 valence electrons. The Morgan fingerprint density at radius 2 is 0.804 bits per heavy atom. The van der Waals surface area contributed by atoms with Crippen molar-refractivity contribution in [3.63, 3.8) is 0 Å². The number of aryl methyl sites for hydroxylation is 2. The van der Waals surface area contributed by atoms with Crippen molar-refractivity contribution < 1.29 is 28.8 Å². The molecule has 3 aromatic carbocycles. The van der Waals surface area contributed by atoms with E-state index in [9.17, 15) is 28.8 Å². The molecule has 3 aromatic heterocycles. The van der Waals surface area contributed by atoms with Gasteiger partial charge in [-0.15, -0.1) is 10.2 Å². The van der Waals surface area contributed by atoms with Gasteiger partial charge in [0.05, 0.1) is 17.8 Å². The first-order valence-electron chi connectivity index (χ1n) is 52.0. The number of amides is 3. The minimum absolute atomic E-state index is 0.0504. The second kappa shape index (κ2) is 60.4. The van der Waals surface area contributed by atoms with E-state index in [1.807, 2.05) is 147 Å². The fourth-order valence-corrected chi connectivity index (χ4v) is 13.7. The smallest absolute Gasteiger partial charge is 0.224 e. The normalized spacial score (nSPS) is 12.4. The maximum Gasteiger partial charge on any atom is 0.224 e. The van der Waals surface area contributed by atoms with E-state index >= 15 is 0 Å². The number of aromatic nitrogens is 8. The monoisotopic (exact) mass is 1940 g/mol. The van der Waals surface area contributed by atoms with Gasteiger partial charge in [-0.1, -0.05) is 366 Å². The van der Waals surface area contributed by atoms with Gasteiger partial charge in [0, 0.05) is 108 Å². The van der Waals surface area contributed by atoms with Gasteiger partial charge in [-0.3, -0.25) is 33.4 Å². The minimum Gasteiger partial charge on any atom is -0.352 e. The standard InChI is InChI=1S/C17H26O.C16H25NO.C16H24O.C13H22N2S.C13H26O.C12H25NO.2C11H21N3.C11H23NO/c1-16(2,3)11-13-8-7-9-14(10-13)15(18)12-17(4,5)6;1-15(2,3)13-9-7-8-12(10-13)11-14(18)17-16(4,5)6;1-15(2,3)11-14(17)12-8-7-9-13(10-12)16(4,5)6;1-12(2,3)9-16-11-14-7-10(8-15-11)13(4,5)6;1-12(2,3)10-8-7-9-11(14)13(4,5)6;1-11(2,3)9-7-8-10(14)13-12(4,5)6;1-9(2)6-5-7-14-8-11(10(3)4)12-13-14;1-9(2)6-5-7-11-8-14(10(3)4)13-12-11;1-10(2,3)8-7-9(13)12-11(4,5)6/h7-10H,11-12H2,1-6H3;7-10H,11H2,1-6H3,(H,17,18);7-10H,11H2,1-6H3;7-8H,9H2,1-6H3;7-10H2,1-6H3;7-9H2,1-6H3,(H,13,14);2*8-10H,5-7H2,1-4H3;7-8H2,1-6H3,(H,12,13). The van der Waals surface area contributed by atoms with Gasteiger partial charge in [-0.05, 0) is 252 Å². The first-order chi connectivity index (χ1) is 61.9. The van der Waals surface area contributed by atoms with Gasteiger partial charge in [0.1, 0.15) is 5.78 Å². The Morgan fingerprint density at radius 3 is 1.20 bits per heavy atom. The van der Waals surface area contributed by atoms with Gasteiger partial charge in [-0.25, -0.2) is 14.6 Å². The van der Waals surface area contributed by atoms with Crippen molar-refractivity contribution in [1.29, 1.82) is 0 Å². The molecular weight excluding hydrogens is 1720 g/mol. The van der Waals surface area contributed by atoms with E-state index < -0.39 is 0 Å². The molecule has 0 radical (unpaired) electrons. The largest absolute Gasteiger partial charge is 0.352 e. The number of thioether (sulfide) groups is 1. The van der Waals surface area contributed by atoms with Crippen molar-refractivity contribution in [3.8, 4) is 0 Å². The third-order valence-corrected chi connectivity index (χ3v) is 22.2. The third-order valence-electron chi connectivity index (χ3n) is 20.7. The second-order valence-corrected chi connectivity index (χ2v) is 56.5. The Kier molecular flexibility index (Phi) is 59.1. The number of unbranched alkanes of at least 4 members (excludes halogenated alkanes) is 1. The number of nitrogens with one attached hydrogen (secondary N) is 3. The zero-order valence-electron chi connectivity index (χ0n) is 98.6. The molecule has 0 bridgehead atoms. The number of carbonyl (C=O) groups is 6. The van der Waals surface area contributed by atoms with Gasteiger partial charge in [0.15, 0.2) is 16.7 Å². The molecule has 18 heteroatoms. The average molecular weight is 1940 g/mol. The summed E-state index contributed by atoms with van der Waals surface area (Å²) in [5, 5.41) is 26.2. The van der Waals surface area contributed by atoms with Crippen LogP contribution in [0, 0.1) is 55.2 Å². The summed E-state index contributed by atoms with van der Waals surface area (Å²) < 4.78 is 3.88. The van der Waals surface area contributed by atoms with Crippen molar-refractivity contribution >= 4 is 46.8 Å². The van der Waals surface area contributed by atoms with Gasteiger partial charge in [0.2, 0.25) is 17.7 Å². The van der Waals surface area contributed by atoms with E-state index in [0.29, 0.717) is 66.1 Å². The molecule has 6 rings (SSSR count). The first-order valence-corrected chi connectivity index (χ1v) is 53.0. The Bertz CT molecular complexity index is 4340. The maximum atomic E-state index is 12.2. The van der Waals surface area contributed by atoms with Crippen molar-refractivity contribution in [2.24, 2.45) is 55.2 Å². The number of hydrogen-bond acceptors (Lipinski definition) is 13. The van der Waals surface area contributed by atoms with Crippen LogP contribution in [0.3, 0.4) is 0 Å². The molecule has 0 aliphatic rings. The summed E-state index contributed by atoms with van der Waals surface area (Å²) in [5.41, 5.74) is 11.4. The molecule has 3 N–H and O–H groups in total. The number of nitrogens with zero attached hydrogens (tertiary/aromatic N) is 8. The highest BCUT2D eigenvalue weighted by Crippen LogP contribution is 2.32. The average Bonchev–Trinajstić information content (AvgIpc) is 1.26. The van der Waals surface area contributed by atoms with Crippen LogP contribution >= 0.6 is 11.8 Å². The van der Waals surface area contributed by atoms with E-state index in [4.69, 9.17) is 0 Å². The Morgan fingerprint density at radius 1 is 0.384 bits per heavy atom. The maximum absolute atomic E-state index is 12.2. The van der Waals surface area contributed by atoms with Crippen LogP contribution < -0.4 is 16.0 Å². The Labute approximate surface area is 853 Å². The fourth-order valence-electron chi connectivity index (χ4n) is 12.9. The summed E-state index contributed by atoms with van der Waals surface area (Å²) in [5.74, 6) is 4.38. The minimum atomic E-state index is -0.168. The SMILES string of the molecule is CC(C)(C)CC(=O)c1cccc(C(C)(C)C)c1.CC(C)(C)CC(=O)c1cccc(CC(C)(C)C)c1.CC(C)(C)CCC(=O)NC(C)(C)C.CC(C)(C)CCCC(=O)NC(C)(C)C.CC(C)(C)CCCCC(=O)C(C)(C)C.CC(C)(C)CSc1ncc(C(C)(C)C)cn1.CC(C)(C)NC(=O)Cc1cccc(C(C)(C)C)c1.CC(C)CCCc1cn(C(C)C)nn1.CC(C)CCCn1cc(C(C)C)nn1. The summed E-state index contributed by atoms with van der Waals surface area (Å²) in [7, 11) is 0. The molecule has 6 aromatic rings. The molecule has 3 heterocycles. The zero-order chi connectivity index (χ0) is 108. The first kappa shape index (κ1) is 135. The van der Waals surface area contributed by atoms with E-state index in [1.54, 1.807) is 11.8 Å². The molecule has 3 amide bonds. The van der Waals surface area contributed by atoms with Crippen molar-refractivity contribution in [2.75, 3.05) is 5.75 Å². The molecule has 0 spiro atoms. The van der Waals surface area contributed by atoms with Crippen LogP contribution in [-0.2, 0) is 61.2 Å². The second-order valence-electron chi connectivity index (χ2n) is 55.5. The van der Waals surface area contributed by atoms with Gasteiger partial charge in [0.25, 0.3) is 0 Å². The predicted molar refractivity (Wildman–Crippen MR) is 596 cm³/mol. The third kappa shape index (κ3) is 78.4. The van der Waals surface area contributed by atoms with E-state index in [2.05, 4.69) is 352 Å². The molecule has 0 saturated heterocycles. The Balaban J connectivity index is -0.00000149. The highest BCUT2D eigenvalue weighted by Gasteiger charge is 2.27. The van der Waals surface area contributed by atoms with Gasteiger partial charge >= 0.3 is 0 Å². The lowest BCUT2D eigenvalue weighted by Crippen LogP contribution is -2.41. The molecule has 0 aliphatic carbocycles. The van der Waals surface area contributed by atoms with Gasteiger partial charge < -0.3 is 16.0 Å². The lowest BCUT2D eigenvalue weighted by Gasteiger charge is -2.22. The number of carbonyl (C=O) groups excluding carboxylic acids is 6. The van der Waals surface area contributed by atoms with Crippen LogP contribution in [0.4, 0.5) is 0 Å². The van der Waals surface area contributed by atoms with E-state index in [-0.39, 0.29) is 89.2 Å². The van der Waals surface area contributed by atoms with E-state index in [0.717, 1.165) is 102 Å². The highest BCUT2D eigenvalue weighted by atomic mass is 32.2. The summed E-state index contributed by atoms with van der Waals surface area (Å²) in [6.45, 7) is 108. The van der Waals surface area contributed by atoms with Crippen LogP contribution in [0.25, 0.3) is 0 Å². The molecule has 0 atom stereocenters. The molecule has 138 heavy (non-hydrogen) atoms. The summed E-state index contributed by atoms with van der Waals surface area (Å²) in [6.07, 6.45) is 25.1. The number of Topliss-reactive ketones (excluding diaryl/α,β-unsaturated/α-hetero) is 3.